The molecular weight excluding hydrogens is 338 g/mol. The number of nitrogens with one attached hydrogen (secondary N) is 1. The van der Waals surface area contributed by atoms with Crippen LogP contribution in [0.4, 0.5) is 5.82 Å². The van der Waals surface area contributed by atoms with Crippen LogP contribution in [0.15, 0.2) is 43.0 Å². The molecule has 0 radical (unpaired) electrons. The van der Waals surface area contributed by atoms with E-state index in [1.54, 1.807) is 28.8 Å². The average Bonchev–Trinajstić information content (AvgIpc) is 3.26. The third-order valence-electron chi connectivity index (χ3n) is 4.42. The van der Waals surface area contributed by atoms with Crippen LogP contribution in [-0.2, 0) is 4.74 Å². The zero-order valence-electron chi connectivity index (χ0n) is 13.7. The number of carbonyl (C=O) groups is 1. The quantitative estimate of drug-likeness (QED) is 0.618. The van der Waals surface area contributed by atoms with Gasteiger partial charge < -0.3 is 24.8 Å². The van der Waals surface area contributed by atoms with E-state index in [4.69, 9.17) is 4.74 Å². The van der Waals surface area contributed by atoms with Crippen molar-refractivity contribution < 1.29 is 19.7 Å². The van der Waals surface area contributed by atoms with E-state index >= 15 is 0 Å². The monoisotopic (exact) mass is 355 g/mol. The maximum absolute atomic E-state index is 12.4. The largest absolute Gasteiger partial charge is 0.394 e. The zero-order valence-corrected chi connectivity index (χ0v) is 13.7. The second kappa shape index (κ2) is 6.79. The minimum absolute atomic E-state index is 0.230. The van der Waals surface area contributed by atoms with Gasteiger partial charge in [0.05, 0.1) is 25.6 Å². The number of aliphatic hydroxyl groups excluding tert-OH is 2. The summed E-state index contributed by atoms with van der Waals surface area (Å²) in [6, 6.07) is 8.36. The minimum Gasteiger partial charge on any atom is -0.394 e. The van der Waals surface area contributed by atoms with Gasteiger partial charge in [-0.1, -0.05) is 18.2 Å². The number of ether oxygens (including phenoxy) is 1. The lowest BCUT2D eigenvalue weighted by molar-refractivity contribution is 0.00206. The predicted octanol–water partition coefficient (Wildman–Crippen LogP) is 0.372. The van der Waals surface area contributed by atoms with E-state index < -0.39 is 18.2 Å². The van der Waals surface area contributed by atoms with Crippen LogP contribution < -0.4 is 5.32 Å². The number of carbonyl (C=O) groups excluding carboxylic acids is 1. The fourth-order valence-corrected chi connectivity index (χ4v) is 3.03. The van der Waals surface area contributed by atoms with Crippen molar-refractivity contribution >= 4 is 22.9 Å². The molecule has 0 unspecified atom stereocenters. The lowest BCUT2D eigenvalue weighted by atomic mass is 10.1. The molecule has 3 heterocycles. The van der Waals surface area contributed by atoms with E-state index in [9.17, 15) is 15.0 Å². The van der Waals surface area contributed by atoms with Gasteiger partial charge in [0.1, 0.15) is 18.5 Å². The van der Waals surface area contributed by atoms with Crippen molar-refractivity contribution in [2.45, 2.75) is 18.2 Å². The normalized spacial score (nSPS) is 22.6. The highest BCUT2D eigenvalue weighted by atomic mass is 16.5. The molecule has 134 valence electrons. The molecule has 1 aliphatic heterocycles. The summed E-state index contributed by atoms with van der Waals surface area (Å²) in [6.45, 7) is -0.0365. The van der Waals surface area contributed by atoms with Gasteiger partial charge in [-0.25, -0.2) is 15.0 Å². The first-order valence-electron chi connectivity index (χ1n) is 8.13. The molecule has 0 aliphatic carbocycles. The highest BCUT2D eigenvalue weighted by molar-refractivity contribution is 6.06. The van der Waals surface area contributed by atoms with Crippen molar-refractivity contribution in [3.63, 3.8) is 0 Å². The van der Waals surface area contributed by atoms with E-state index in [1.807, 2.05) is 6.07 Å². The Balaban J connectivity index is 1.65. The summed E-state index contributed by atoms with van der Waals surface area (Å²) < 4.78 is 7.07. The SMILES string of the molecule is O=C(Nc1ncnc2c1ncn2[C@@H]1CO[C@H](CO)[C@H]1O)c1ccccc1. The van der Waals surface area contributed by atoms with Crippen LogP contribution in [0.5, 0.6) is 0 Å². The first kappa shape index (κ1) is 16.6. The van der Waals surface area contributed by atoms with Crippen molar-refractivity contribution in [3.8, 4) is 0 Å². The Labute approximate surface area is 148 Å². The fourth-order valence-electron chi connectivity index (χ4n) is 3.03. The van der Waals surface area contributed by atoms with Crippen LogP contribution in [0.1, 0.15) is 16.4 Å². The van der Waals surface area contributed by atoms with Gasteiger partial charge >= 0.3 is 0 Å². The molecule has 9 nitrogen and oxygen atoms in total. The Morgan fingerprint density at radius 2 is 2.08 bits per heavy atom. The van der Waals surface area contributed by atoms with E-state index in [-0.39, 0.29) is 24.9 Å². The molecular formula is C17H17N5O4. The molecule has 4 rings (SSSR count). The van der Waals surface area contributed by atoms with Gasteiger partial charge in [-0.2, -0.15) is 0 Å². The Hall–Kier alpha value is -2.88. The minimum atomic E-state index is -0.880. The van der Waals surface area contributed by atoms with Crippen LogP contribution in [0, 0.1) is 0 Å². The molecule has 1 aliphatic rings. The van der Waals surface area contributed by atoms with Crippen LogP contribution in [0.25, 0.3) is 11.2 Å². The summed E-state index contributed by atoms with van der Waals surface area (Å²) >= 11 is 0. The lowest BCUT2D eigenvalue weighted by Crippen LogP contribution is -2.30. The molecule has 1 saturated heterocycles. The summed E-state index contributed by atoms with van der Waals surface area (Å²) in [6.07, 6.45) is 1.33. The highest BCUT2D eigenvalue weighted by Gasteiger charge is 2.37. The van der Waals surface area contributed by atoms with Gasteiger partial charge in [0.25, 0.3) is 5.91 Å². The second-order valence-electron chi connectivity index (χ2n) is 5.98. The Morgan fingerprint density at radius 1 is 1.27 bits per heavy atom. The van der Waals surface area contributed by atoms with Crippen molar-refractivity contribution in [2.24, 2.45) is 0 Å². The van der Waals surface area contributed by atoms with Crippen LogP contribution in [-0.4, -0.2) is 61.1 Å². The molecule has 1 aromatic carbocycles. The maximum atomic E-state index is 12.4. The molecule has 0 spiro atoms. The molecule has 1 amide bonds. The van der Waals surface area contributed by atoms with Crippen LogP contribution in [0.3, 0.4) is 0 Å². The van der Waals surface area contributed by atoms with Gasteiger partial charge in [-0.05, 0) is 12.1 Å². The number of aliphatic hydroxyl groups is 2. The third-order valence-corrected chi connectivity index (χ3v) is 4.42. The number of imidazole rings is 1. The maximum Gasteiger partial charge on any atom is 0.256 e. The van der Waals surface area contributed by atoms with E-state index in [2.05, 4.69) is 20.3 Å². The highest BCUT2D eigenvalue weighted by Crippen LogP contribution is 2.29. The molecule has 3 N–H and O–H groups in total. The number of hydrogen-bond acceptors (Lipinski definition) is 7. The Bertz CT molecular complexity index is 929. The van der Waals surface area contributed by atoms with Crippen molar-refractivity contribution in [1.82, 2.24) is 19.5 Å². The first-order chi connectivity index (χ1) is 12.7. The molecule has 9 heteroatoms. The van der Waals surface area contributed by atoms with E-state index in [0.717, 1.165) is 0 Å². The molecule has 26 heavy (non-hydrogen) atoms. The zero-order chi connectivity index (χ0) is 18.1. The summed E-state index contributed by atoms with van der Waals surface area (Å²) in [5.74, 6) is -0.0144. The number of amides is 1. The lowest BCUT2D eigenvalue weighted by Gasteiger charge is -2.17. The van der Waals surface area contributed by atoms with Crippen LogP contribution >= 0.6 is 0 Å². The number of anilines is 1. The second-order valence-corrected chi connectivity index (χ2v) is 5.98. The summed E-state index contributed by atoms with van der Waals surface area (Å²) in [7, 11) is 0. The van der Waals surface area contributed by atoms with Crippen molar-refractivity contribution in [1.29, 1.82) is 0 Å². The Kier molecular flexibility index (Phi) is 4.33. The first-order valence-corrected chi connectivity index (χ1v) is 8.13. The smallest absolute Gasteiger partial charge is 0.256 e. The number of aromatic nitrogens is 4. The molecule has 3 atom stereocenters. The topological polar surface area (TPSA) is 122 Å². The summed E-state index contributed by atoms with van der Waals surface area (Å²) in [4.78, 5) is 25.0. The molecule has 1 fully saturated rings. The van der Waals surface area contributed by atoms with Gasteiger partial charge in [0.2, 0.25) is 0 Å². The van der Waals surface area contributed by atoms with Crippen molar-refractivity contribution in [3.05, 3.63) is 48.5 Å². The number of benzene rings is 1. The van der Waals surface area contributed by atoms with Gasteiger partial charge in [-0.3, -0.25) is 4.79 Å². The van der Waals surface area contributed by atoms with Gasteiger partial charge in [-0.15, -0.1) is 0 Å². The van der Waals surface area contributed by atoms with Crippen molar-refractivity contribution in [2.75, 3.05) is 18.5 Å². The number of fused-ring (bicyclic) bond motifs is 1. The summed E-state index contributed by atoms with van der Waals surface area (Å²) in [5.41, 5.74) is 1.38. The Morgan fingerprint density at radius 3 is 2.81 bits per heavy atom. The summed E-state index contributed by atoms with van der Waals surface area (Å²) in [5, 5.41) is 22.3. The number of rotatable bonds is 4. The number of hydrogen-bond donors (Lipinski definition) is 3. The molecule has 3 aromatic rings. The number of nitrogens with zero attached hydrogens (tertiary/aromatic N) is 4. The molecule has 0 saturated carbocycles. The van der Waals surface area contributed by atoms with E-state index in [1.165, 1.54) is 12.7 Å². The fraction of sp³-hybridized carbons (Fsp3) is 0.294. The average molecular weight is 355 g/mol. The van der Waals surface area contributed by atoms with Crippen LogP contribution in [0.2, 0.25) is 0 Å². The van der Waals surface area contributed by atoms with Gasteiger partial charge in [0, 0.05) is 5.56 Å². The molecule has 0 bridgehead atoms. The van der Waals surface area contributed by atoms with E-state index in [0.29, 0.717) is 16.7 Å². The molecule has 2 aromatic heterocycles. The predicted molar refractivity (Wildman–Crippen MR) is 91.6 cm³/mol. The standard InChI is InChI=1S/C17H17N5O4/c23-6-12-14(24)11(7-26-12)22-9-20-13-15(18-8-19-16(13)22)21-17(25)10-4-2-1-3-5-10/h1-5,8-9,11-12,14,23-24H,6-7H2,(H,18,19,21,25)/t11-,12-,14+/m1/s1. The van der Waals surface area contributed by atoms with Gasteiger partial charge in [0.15, 0.2) is 17.0 Å². The third kappa shape index (κ3) is 2.81.